The fourth-order valence-corrected chi connectivity index (χ4v) is 2.32. The van der Waals surface area contributed by atoms with E-state index in [9.17, 15) is 0 Å². The molecule has 0 spiro atoms. The van der Waals surface area contributed by atoms with Crippen LogP contribution in [-0.2, 0) is 0 Å². The predicted octanol–water partition coefficient (Wildman–Crippen LogP) is 0.114. The van der Waals surface area contributed by atoms with Crippen molar-refractivity contribution in [3.8, 4) is 0 Å². The maximum absolute atomic E-state index is 5.87. The Morgan fingerprint density at radius 3 is 2.38 bits per heavy atom. The van der Waals surface area contributed by atoms with Gasteiger partial charge < -0.3 is 10.6 Å². The lowest BCUT2D eigenvalue weighted by molar-refractivity contribution is 0.0241. The third-order valence-corrected chi connectivity index (χ3v) is 3.48. The molecule has 0 amide bonds. The molecule has 2 saturated heterocycles. The molecule has 0 saturated carbocycles. The summed E-state index contributed by atoms with van der Waals surface area (Å²) in [5.74, 6) is 0. The molecule has 0 aromatic rings. The van der Waals surface area contributed by atoms with E-state index in [4.69, 9.17) is 5.73 Å². The van der Waals surface area contributed by atoms with E-state index in [1.54, 1.807) is 0 Å². The average Bonchev–Trinajstić information content (AvgIpc) is 2.06. The molecule has 2 aliphatic heterocycles. The second-order valence-corrected chi connectivity index (χ2v) is 4.38. The quantitative estimate of drug-likeness (QED) is 0.660. The van der Waals surface area contributed by atoms with Gasteiger partial charge in [-0.25, -0.2) is 0 Å². The topological polar surface area (TPSA) is 32.5 Å². The SMILES string of the molecule is CCN1CC(N2CCC(N)CC2)C1. The minimum absolute atomic E-state index is 0.471. The van der Waals surface area contributed by atoms with E-state index >= 15 is 0 Å². The van der Waals surface area contributed by atoms with Crippen molar-refractivity contribution in [3.05, 3.63) is 0 Å². The van der Waals surface area contributed by atoms with E-state index in [0.29, 0.717) is 6.04 Å². The number of likely N-dealkylation sites (tertiary alicyclic amines) is 2. The zero-order valence-corrected chi connectivity index (χ0v) is 8.58. The highest BCUT2D eigenvalue weighted by Gasteiger charge is 2.31. The number of hydrogen-bond donors (Lipinski definition) is 1. The lowest BCUT2D eigenvalue weighted by atomic mass is 10.0. The van der Waals surface area contributed by atoms with Crippen LogP contribution >= 0.6 is 0 Å². The minimum Gasteiger partial charge on any atom is -0.328 e. The summed E-state index contributed by atoms with van der Waals surface area (Å²) in [5, 5.41) is 0. The van der Waals surface area contributed by atoms with Gasteiger partial charge in [0.2, 0.25) is 0 Å². The summed E-state index contributed by atoms with van der Waals surface area (Å²) >= 11 is 0. The normalized spacial score (nSPS) is 29.1. The first-order valence-electron chi connectivity index (χ1n) is 5.51. The highest BCUT2D eigenvalue weighted by molar-refractivity contribution is 4.89. The fraction of sp³-hybridized carbons (Fsp3) is 1.00. The lowest BCUT2D eigenvalue weighted by Gasteiger charge is -2.47. The zero-order valence-electron chi connectivity index (χ0n) is 8.58. The molecule has 13 heavy (non-hydrogen) atoms. The van der Waals surface area contributed by atoms with Crippen molar-refractivity contribution in [2.75, 3.05) is 32.7 Å². The Labute approximate surface area is 80.9 Å². The number of hydrogen-bond acceptors (Lipinski definition) is 3. The van der Waals surface area contributed by atoms with Gasteiger partial charge in [-0.3, -0.25) is 4.90 Å². The zero-order chi connectivity index (χ0) is 9.26. The summed E-state index contributed by atoms with van der Waals surface area (Å²) in [6.45, 7) is 8.47. The number of piperidine rings is 1. The summed E-state index contributed by atoms with van der Waals surface area (Å²) < 4.78 is 0. The molecule has 2 fully saturated rings. The summed E-state index contributed by atoms with van der Waals surface area (Å²) in [6, 6.07) is 1.31. The Balaban J connectivity index is 1.71. The molecule has 0 aliphatic carbocycles. The van der Waals surface area contributed by atoms with Crippen LogP contribution in [0.3, 0.4) is 0 Å². The molecule has 76 valence electrons. The van der Waals surface area contributed by atoms with E-state index in [-0.39, 0.29) is 0 Å². The standard InChI is InChI=1S/C10H21N3/c1-2-12-7-10(8-12)13-5-3-9(11)4-6-13/h9-10H,2-8,11H2,1H3. The summed E-state index contributed by atoms with van der Waals surface area (Å²) in [4.78, 5) is 5.12. The van der Waals surface area contributed by atoms with Gasteiger partial charge in [0.25, 0.3) is 0 Å². The minimum atomic E-state index is 0.471. The van der Waals surface area contributed by atoms with Crippen LogP contribution in [0.1, 0.15) is 19.8 Å². The van der Waals surface area contributed by atoms with Crippen LogP contribution in [0.5, 0.6) is 0 Å². The van der Waals surface area contributed by atoms with Crippen molar-refractivity contribution >= 4 is 0 Å². The smallest absolute Gasteiger partial charge is 0.0350 e. The number of nitrogens with zero attached hydrogens (tertiary/aromatic N) is 2. The first-order chi connectivity index (χ1) is 6.29. The van der Waals surface area contributed by atoms with Crippen LogP contribution in [0.15, 0.2) is 0 Å². The summed E-state index contributed by atoms with van der Waals surface area (Å²) in [6.07, 6.45) is 2.39. The van der Waals surface area contributed by atoms with Crippen LogP contribution in [0, 0.1) is 0 Å². The molecular formula is C10H21N3. The van der Waals surface area contributed by atoms with Gasteiger partial charge >= 0.3 is 0 Å². The molecule has 0 aromatic heterocycles. The van der Waals surface area contributed by atoms with Crippen LogP contribution in [0.25, 0.3) is 0 Å². The monoisotopic (exact) mass is 183 g/mol. The van der Waals surface area contributed by atoms with Crippen LogP contribution in [-0.4, -0.2) is 54.6 Å². The Morgan fingerprint density at radius 1 is 1.23 bits per heavy atom. The van der Waals surface area contributed by atoms with Crippen molar-refractivity contribution in [3.63, 3.8) is 0 Å². The third kappa shape index (κ3) is 2.03. The second-order valence-electron chi connectivity index (χ2n) is 4.38. The van der Waals surface area contributed by atoms with Crippen LogP contribution in [0.4, 0.5) is 0 Å². The van der Waals surface area contributed by atoms with Crippen molar-refractivity contribution in [1.82, 2.24) is 9.80 Å². The highest BCUT2D eigenvalue weighted by atomic mass is 15.3. The van der Waals surface area contributed by atoms with Gasteiger partial charge in [0, 0.05) is 38.3 Å². The van der Waals surface area contributed by atoms with Crippen molar-refractivity contribution in [2.45, 2.75) is 31.8 Å². The van der Waals surface area contributed by atoms with Crippen molar-refractivity contribution in [2.24, 2.45) is 5.73 Å². The Hall–Kier alpha value is -0.120. The van der Waals surface area contributed by atoms with Gasteiger partial charge in [0.1, 0.15) is 0 Å². The van der Waals surface area contributed by atoms with Crippen LogP contribution < -0.4 is 5.73 Å². The highest BCUT2D eigenvalue weighted by Crippen LogP contribution is 2.18. The van der Waals surface area contributed by atoms with Gasteiger partial charge in [0.05, 0.1) is 0 Å². The Kier molecular flexibility index (Phi) is 2.86. The first-order valence-corrected chi connectivity index (χ1v) is 5.51. The molecule has 0 aromatic carbocycles. The molecule has 0 unspecified atom stereocenters. The maximum atomic E-state index is 5.87. The van der Waals surface area contributed by atoms with Crippen molar-refractivity contribution in [1.29, 1.82) is 0 Å². The van der Waals surface area contributed by atoms with Gasteiger partial charge in [-0.15, -0.1) is 0 Å². The van der Waals surface area contributed by atoms with E-state index in [0.717, 1.165) is 6.04 Å². The molecule has 3 heteroatoms. The number of rotatable bonds is 2. The molecule has 0 atom stereocenters. The van der Waals surface area contributed by atoms with Gasteiger partial charge in [0.15, 0.2) is 0 Å². The maximum Gasteiger partial charge on any atom is 0.0350 e. The molecule has 2 rings (SSSR count). The van der Waals surface area contributed by atoms with Crippen molar-refractivity contribution < 1.29 is 0 Å². The van der Waals surface area contributed by atoms with E-state index in [1.165, 1.54) is 45.6 Å². The molecular weight excluding hydrogens is 162 g/mol. The van der Waals surface area contributed by atoms with E-state index in [1.807, 2.05) is 0 Å². The molecule has 0 radical (unpaired) electrons. The average molecular weight is 183 g/mol. The van der Waals surface area contributed by atoms with Gasteiger partial charge in [-0.2, -0.15) is 0 Å². The second kappa shape index (κ2) is 3.95. The number of nitrogens with two attached hydrogens (primary N) is 1. The molecule has 2 N–H and O–H groups in total. The molecule has 0 bridgehead atoms. The molecule has 3 nitrogen and oxygen atoms in total. The lowest BCUT2D eigenvalue weighted by Crippen LogP contribution is -2.61. The predicted molar refractivity (Wildman–Crippen MR) is 54.7 cm³/mol. The Bertz CT molecular complexity index is 158. The largest absolute Gasteiger partial charge is 0.328 e. The van der Waals surface area contributed by atoms with Gasteiger partial charge in [-0.1, -0.05) is 6.92 Å². The fourth-order valence-electron chi connectivity index (χ4n) is 2.32. The Morgan fingerprint density at radius 2 is 1.85 bits per heavy atom. The molecule has 2 aliphatic rings. The van der Waals surface area contributed by atoms with Gasteiger partial charge in [-0.05, 0) is 19.4 Å². The summed E-state index contributed by atoms with van der Waals surface area (Å²) in [7, 11) is 0. The van der Waals surface area contributed by atoms with Crippen LogP contribution in [0.2, 0.25) is 0 Å². The third-order valence-electron chi connectivity index (χ3n) is 3.48. The summed E-state index contributed by atoms with van der Waals surface area (Å²) in [5.41, 5.74) is 5.87. The van der Waals surface area contributed by atoms with E-state index < -0.39 is 0 Å². The molecule has 2 heterocycles. The first kappa shape index (κ1) is 9.44. The van der Waals surface area contributed by atoms with E-state index in [2.05, 4.69) is 16.7 Å². The number of likely N-dealkylation sites (N-methyl/N-ethyl adjacent to an activating group) is 1.